The number of hydrogen-bond donors (Lipinski definition) is 2. The highest BCUT2D eigenvalue weighted by Crippen LogP contribution is 2.12. The van der Waals surface area contributed by atoms with Crippen molar-refractivity contribution in [2.75, 3.05) is 36.8 Å². The van der Waals surface area contributed by atoms with Gasteiger partial charge < -0.3 is 20.4 Å². The van der Waals surface area contributed by atoms with Crippen LogP contribution in [0.4, 0.5) is 12.0 Å². The molecule has 6 heteroatoms. The second-order valence-corrected chi connectivity index (χ2v) is 2.66. The van der Waals surface area contributed by atoms with Gasteiger partial charge in [-0.2, -0.15) is 0 Å². The SMILES string of the molecule is Nc1nnc(N2CCNCC2)o1. The van der Waals surface area contributed by atoms with Crippen molar-refractivity contribution >= 4 is 12.0 Å². The van der Waals surface area contributed by atoms with Gasteiger partial charge in [0.05, 0.1) is 0 Å². The van der Waals surface area contributed by atoms with E-state index < -0.39 is 0 Å². The molecular weight excluding hydrogens is 158 g/mol. The minimum atomic E-state index is 0.128. The van der Waals surface area contributed by atoms with Crippen molar-refractivity contribution in [3.8, 4) is 0 Å². The highest BCUT2D eigenvalue weighted by molar-refractivity contribution is 5.28. The average Bonchev–Trinajstić information content (AvgIpc) is 2.54. The summed E-state index contributed by atoms with van der Waals surface area (Å²) in [6.45, 7) is 3.67. The van der Waals surface area contributed by atoms with E-state index in [0.29, 0.717) is 6.01 Å². The summed E-state index contributed by atoms with van der Waals surface area (Å²) in [5.74, 6) is 0. The highest BCUT2D eigenvalue weighted by Gasteiger charge is 2.15. The molecule has 1 aliphatic rings. The second-order valence-electron chi connectivity index (χ2n) is 2.66. The number of nitrogens with two attached hydrogens (primary N) is 1. The van der Waals surface area contributed by atoms with Crippen LogP contribution < -0.4 is 16.0 Å². The maximum atomic E-state index is 5.30. The number of rotatable bonds is 1. The Morgan fingerprint density at radius 3 is 2.67 bits per heavy atom. The lowest BCUT2D eigenvalue weighted by atomic mass is 10.4. The number of nitrogens with zero attached hydrogens (tertiary/aromatic N) is 3. The fraction of sp³-hybridized carbons (Fsp3) is 0.667. The molecule has 1 saturated heterocycles. The van der Waals surface area contributed by atoms with E-state index in [2.05, 4.69) is 15.5 Å². The van der Waals surface area contributed by atoms with Crippen LogP contribution in [0.5, 0.6) is 0 Å². The van der Waals surface area contributed by atoms with Crippen molar-refractivity contribution in [1.29, 1.82) is 0 Å². The molecule has 1 aliphatic heterocycles. The molecule has 0 saturated carbocycles. The molecule has 0 spiro atoms. The zero-order valence-corrected chi connectivity index (χ0v) is 6.66. The molecule has 1 fully saturated rings. The molecule has 6 nitrogen and oxygen atoms in total. The molecule has 66 valence electrons. The van der Waals surface area contributed by atoms with Crippen LogP contribution in [0.15, 0.2) is 4.42 Å². The van der Waals surface area contributed by atoms with Crippen molar-refractivity contribution in [1.82, 2.24) is 15.5 Å². The predicted molar refractivity (Wildman–Crippen MR) is 43.8 cm³/mol. The molecule has 3 N–H and O–H groups in total. The molecule has 0 radical (unpaired) electrons. The van der Waals surface area contributed by atoms with Crippen molar-refractivity contribution in [2.45, 2.75) is 0 Å². The van der Waals surface area contributed by atoms with Crippen molar-refractivity contribution < 1.29 is 4.42 Å². The smallest absolute Gasteiger partial charge is 0.319 e. The number of piperazine rings is 1. The molecular formula is C6H11N5O. The van der Waals surface area contributed by atoms with E-state index in [9.17, 15) is 0 Å². The van der Waals surface area contributed by atoms with Gasteiger partial charge in [-0.1, -0.05) is 10.2 Å². The Morgan fingerprint density at radius 1 is 1.33 bits per heavy atom. The summed E-state index contributed by atoms with van der Waals surface area (Å²) in [7, 11) is 0. The van der Waals surface area contributed by atoms with Crippen LogP contribution in [0.25, 0.3) is 0 Å². The summed E-state index contributed by atoms with van der Waals surface area (Å²) >= 11 is 0. The fourth-order valence-corrected chi connectivity index (χ4v) is 1.21. The molecule has 1 aromatic rings. The molecule has 12 heavy (non-hydrogen) atoms. The zero-order valence-electron chi connectivity index (χ0n) is 6.66. The number of nitrogens with one attached hydrogen (secondary N) is 1. The lowest BCUT2D eigenvalue weighted by Crippen LogP contribution is -2.43. The van der Waals surface area contributed by atoms with Gasteiger partial charge in [-0.15, -0.1) is 0 Å². The third-order valence-electron chi connectivity index (χ3n) is 1.82. The Balaban J connectivity index is 2.08. The summed E-state index contributed by atoms with van der Waals surface area (Å²) in [5.41, 5.74) is 5.30. The van der Waals surface area contributed by atoms with Crippen LogP contribution in [0.2, 0.25) is 0 Å². The van der Waals surface area contributed by atoms with Gasteiger partial charge in [0.25, 0.3) is 0 Å². The molecule has 0 bridgehead atoms. The van der Waals surface area contributed by atoms with Gasteiger partial charge in [0.15, 0.2) is 0 Å². The molecule has 0 aromatic carbocycles. The standard InChI is InChI=1S/C6H11N5O/c7-5-9-10-6(12-5)11-3-1-8-2-4-11/h8H,1-4H2,(H2,7,9). The first-order valence-electron chi connectivity index (χ1n) is 3.91. The lowest BCUT2D eigenvalue weighted by molar-refractivity contribution is 0.507. The monoisotopic (exact) mass is 169 g/mol. The van der Waals surface area contributed by atoms with Crippen LogP contribution in [-0.2, 0) is 0 Å². The normalized spacial score (nSPS) is 18.2. The highest BCUT2D eigenvalue weighted by atomic mass is 16.4. The first kappa shape index (κ1) is 7.35. The Hall–Kier alpha value is -1.30. The molecule has 0 aliphatic carbocycles. The maximum absolute atomic E-state index is 5.30. The van der Waals surface area contributed by atoms with E-state index in [-0.39, 0.29) is 6.01 Å². The molecule has 0 unspecified atom stereocenters. The van der Waals surface area contributed by atoms with Gasteiger partial charge in [-0.3, -0.25) is 0 Å². The Morgan fingerprint density at radius 2 is 2.08 bits per heavy atom. The van der Waals surface area contributed by atoms with Crippen LogP contribution in [0, 0.1) is 0 Å². The molecule has 1 aromatic heterocycles. The quantitative estimate of drug-likeness (QED) is 0.565. The van der Waals surface area contributed by atoms with Gasteiger partial charge in [0, 0.05) is 26.2 Å². The van der Waals surface area contributed by atoms with Crippen LogP contribution in [0.3, 0.4) is 0 Å². The molecule has 2 rings (SSSR count). The zero-order chi connectivity index (χ0) is 8.39. The Bertz CT molecular complexity index is 254. The topological polar surface area (TPSA) is 80.2 Å². The number of aromatic nitrogens is 2. The average molecular weight is 169 g/mol. The van der Waals surface area contributed by atoms with E-state index in [4.69, 9.17) is 10.2 Å². The first-order chi connectivity index (χ1) is 5.86. The predicted octanol–water partition coefficient (Wildman–Crippen LogP) is -0.939. The number of nitrogen functional groups attached to an aromatic ring is 1. The molecule has 0 amide bonds. The summed E-state index contributed by atoms with van der Waals surface area (Å²) in [5, 5.41) is 10.6. The largest absolute Gasteiger partial charge is 0.390 e. The lowest BCUT2D eigenvalue weighted by Gasteiger charge is -2.24. The number of hydrogen-bond acceptors (Lipinski definition) is 6. The van der Waals surface area contributed by atoms with Crippen LogP contribution in [0.1, 0.15) is 0 Å². The van der Waals surface area contributed by atoms with Crippen LogP contribution >= 0.6 is 0 Å². The van der Waals surface area contributed by atoms with Crippen molar-refractivity contribution in [3.63, 3.8) is 0 Å². The van der Waals surface area contributed by atoms with E-state index in [1.54, 1.807) is 0 Å². The third-order valence-corrected chi connectivity index (χ3v) is 1.82. The maximum Gasteiger partial charge on any atom is 0.319 e. The summed E-state index contributed by atoms with van der Waals surface area (Å²) in [4.78, 5) is 2.01. The van der Waals surface area contributed by atoms with Crippen molar-refractivity contribution in [2.24, 2.45) is 0 Å². The molecule has 0 atom stereocenters. The van der Waals surface area contributed by atoms with Crippen molar-refractivity contribution in [3.05, 3.63) is 0 Å². The Labute approximate surface area is 69.7 Å². The summed E-state index contributed by atoms with van der Waals surface area (Å²) in [6, 6.07) is 0.650. The van der Waals surface area contributed by atoms with E-state index in [1.165, 1.54) is 0 Å². The minimum absolute atomic E-state index is 0.128. The third kappa shape index (κ3) is 1.33. The van der Waals surface area contributed by atoms with Gasteiger partial charge in [-0.25, -0.2) is 0 Å². The van der Waals surface area contributed by atoms with Gasteiger partial charge in [-0.05, 0) is 0 Å². The Kier molecular flexibility index (Phi) is 1.83. The fourth-order valence-electron chi connectivity index (χ4n) is 1.21. The summed E-state index contributed by atoms with van der Waals surface area (Å²) < 4.78 is 5.08. The van der Waals surface area contributed by atoms with Gasteiger partial charge >= 0.3 is 12.0 Å². The van der Waals surface area contributed by atoms with Crippen LogP contribution in [-0.4, -0.2) is 36.4 Å². The number of anilines is 2. The van der Waals surface area contributed by atoms with E-state index in [0.717, 1.165) is 26.2 Å². The second kappa shape index (κ2) is 2.98. The molecule has 2 heterocycles. The van der Waals surface area contributed by atoms with E-state index >= 15 is 0 Å². The van der Waals surface area contributed by atoms with Gasteiger partial charge in [0.1, 0.15) is 0 Å². The first-order valence-corrected chi connectivity index (χ1v) is 3.91. The minimum Gasteiger partial charge on any atom is -0.390 e. The summed E-state index contributed by atoms with van der Waals surface area (Å²) in [6.07, 6.45) is 0. The van der Waals surface area contributed by atoms with Gasteiger partial charge in [0.2, 0.25) is 0 Å². The van der Waals surface area contributed by atoms with E-state index in [1.807, 2.05) is 4.90 Å².